The van der Waals surface area contributed by atoms with Gasteiger partial charge in [0.15, 0.2) is 11.5 Å². The lowest BCUT2D eigenvalue weighted by molar-refractivity contribution is -0.291. The Hall–Kier alpha value is -3.50. The molecule has 0 radical (unpaired) electrons. The van der Waals surface area contributed by atoms with Gasteiger partial charge in [0.05, 0.1) is 13.7 Å². The molecule has 1 aliphatic heterocycles. The summed E-state index contributed by atoms with van der Waals surface area (Å²) < 4.78 is 84.3. The van der Waals surface area contributed by atoms with Gasteiger partial charge in [0, 0.05) is 12.0 Å². The first-order valence-electron chi connectivity index (χ1n) is 9.35. The number of benzene rings is 2. The topological polar surface area (TPSA) is 65.7 Å². The van der Waals surface area contributed by atoms with Crippen LogP contribution < -0.4 is 14.2 Å². The fourth-order valence-corrected chi connectivity index (χ4v) is 3.35. The summed E-state index contributed by atoms with van der Waals surface area (Å²) in [5, 5.41) is 14.1. The van der Waals surface area contributed by atoms with Crippen LogP contribution in [0.3, 0.4) is 0 Å². The van der Waals surface area contributed by atoms with Crippen molar-refractivity contribution in [2.75, 3.05) is 13.9 Å². The van der Waals surface area contributed by atoms with Gasteiger partial charge in [-0.05, 0) is 35.4 Å². The second-order valence-corrected chi connectivity index (χ2v) is 7.10. The summed E-state index contributed by atoms with van der Waals surface area (Å²) in [5.74, 6) is -4.85. The van der Waals surface area contributed by atoms with Crippen LogP contribution in [0.2, 0.25) is 0 Å². The number of hydrogen-bond donors (Lipinski definition) is 1. The molecule has 2 aromatic carbocycles. The van der Waals surface area contributed by atoms with E-state index in [4.69, 9.17) is 14.2 Å². The summed E-state index contributed by atoms with van der Waals surface area (Å²) in [5.41, 5.74) is -1.36. The zero-order valence-electron chi connectivity index (χ0n) is 16.6. The molecule has 1 aromatic heterocycles. The largest absolute Gasteiger partial charge is 0.497 e. The standard InChI is InChI=1S/C21H17F5N2O4/c1-30-14-4-2-3-13(7-14)10-28-19(29)15(18(27-28)20(22,23)21(24,25)26)8-12-5-6-16-17(9-12)32-11-31-16/h2-7,9,29H,8,10-11H2,1H3. The van der Waals surface area contributed by atoms with Crippen LogP contribution in [0.4, 0.5) is 22.0 Å². The maximum absolute atomic E-state index is 14.3. The number of hydrogen-bond acceptors (Lipinski definition) is 5. The van der Waals surface area contributed by atoms with Gasteiger partial charge < -0.3 is 19.3 Å². The highest BCUT2D eigenvalue weighted by molar-refractivity contribution is 5.47. The SMILES string of the molecule is COc1cccc(Cn2nc(C(F)(F)C(F)(F)F)c(Cc3ccc4c(c3)OCO4)c2O)c1. The Labute approximate surface area is 178 Å². The molecule has 4 rings (SSSR count). The van der Waals surface area contributed by atoms with Crippen LogP contribution in [0, 0.1) is 0 Å². The van der Waals surface area contributed by atoms with Gasteiger partial charge in [0.2, 0.25) is 12.7 Å². The predicted octanol–water partition coefficient (Wildman–Crippen LogP) is 4.62. The summed E-state index contributed by atoms with van der Waals surface area (Å²) in [6, 6.07) is 10.9. The van der Waals surface area contributed by atoms with Gasteiger partial charge in [-0.25, -0.2) is 4.68 Å². The molecule has 0 aliphatic carbocycles. The van der Waals surface area contributed by atoms with Gasteiger partial charge in [-0.2, -0.15) is 27.1 Å². The fourth-order valence-electron chi connectivity index (χ4n) is 3.35. The zero-order chi connectivity index (χ0) is 23.1. The Morgan fingerprint density at radius 2 is 1.78 bits per heavy atom. The second-order valence-electron chi connectivity index (χ2n) is 7.10. The minimum Gasteiger partial charge on any atom is -0.497 e. The van der Waals surface area contributed by atoms with Crippen LogP contribution in [0.5, 0.6) is 23.1 Å². The van der Waals surface area contributed by atoms with E-state index in [1.54, 1.807) is 24.3 Å². The molecule has 0 fully saturated rings. The number of fused-ring (bicyclic) bond motifs is 1. The maximum Gasteiger partial charge on any atom is 0.459 e. The third-order valence-electron chi connectivity index (χ3n) is 4.96. The van der Waals surface area contributed by atoms with E-state index in [1.165, 1.54) is 25.3 Å². The smallest absolute Gasteiger partial charge is 0.459 e. The predicted molar refractivity (Wildman–Crippen MR) is 101 cm³/mol. The van der Waals surface area contributed by atoms with Crippen LogP contribution in [-0.2, 0) is 18.9 Å². The van der Waals surface area contributed by atoms with Crippen molar-refractivity contribution in [3.8, 4) is 23.1 Å². The third-order valence-corrected chi connectivity index (χ3v) is 4.96. The van der Waals surface area contributed by atoms with Gasteiger partial charge in [0.1, 0.15) is 11.4 Å². The third kappa shape index (κ3) is 3.90. The molecular weight excluding hydrogens is 439 g/mol. The molecule has 2 heterocycles. The molecule has 0 spiro atoms. The summed E-state index contributed by atoms with van der Waals surface area (Å²) in [4.78, 5) is 0. The lowest BCUT2D eigenvalue weighted by Gasteiger charge is -2.18. The van der Waals surface area contributed by atoms with Crippen molar-refractivity contribution < 1.29 is 41.3 Å². The number of methoxy groups -OCH3 is 1. The Kier molecular flexibility index (Phi) is 5.35. The molecule has 32 heavy (non-hydrogen) atoms. The molecule has 0 saturated carbocycles. The number of rotatable bonds is 6. The Bertz CT molecular complexity index is 1140. The van der Waals surface area contributed by atoms with E-state index < -0.39 is 35.7 Å². The molecule has 11 heteroatoms. The Balaban J connectivity index is 1.76. The molecule has 3 aromatic rings. The van der Waals surface area contributed by atoms with E-state index in [0.29, 0.717) is 33.1 Å². The summed E-state index contributed by atoms with van der Waals surface area (Å²) in [6.07, 6.45) is -6.32. The molecular formula is C21H17F5N2O4. The minimum absolute atomic E-state index is 0.0279. The van der Waals surface area contributed by atoms with E-state index in [2.05, 4.69) is 5.10 Å². The molecule has 1 aliphatic rings. The Morgan fingerprint density at radius 1 is 1.03 bits per heavy atom. The van der Waals surface area contributed by atoms with Crippen molar-refractivity contribution in [3.05, 3.63) is 64.8 Å². The lowest BCUT2D eigenvalue weighted by atomic mass is 10.0. The van der Waals surface area contributed by atoms with Gasteiger partial charge in [0.25, 0.3) is 0 Å². The molecule has 0 bridgehead atoms. The van der Waals surface area contributed by atoms with Crippen LogP contribution in [0.1, 0.15) is 22.4 Å². The minimum atomic E-state index is -5.89. The normalized spacial score (nSPS) is 13.4. The maximum atomic E-state index is 14.3. The average molecular weight is 456 g/mol. The summed E-state index contributed by atoms with van der Waals surface area (Å²) >= 11 is 0. The van der Waals surface area contributed by atoms with E-state index in [0.717, 1.165) is 0 Å². The fraction of sp³-hybridized carbons (Fsp3) is 0.286. The average Bonchev–Trinajstić information content (AvgIpc) is 3.33. The zero-order valence-corrected chi connectivity index (χ0v) is 16.6. The van der Waals surface area contributed by atoms with E-state index in [1.807, 2.05) is 0 Å². The number of alkyl halides is 5. The number of ether oxygens (including phenoxy) is 3. The van der Waals surface area contributed by atoms with Gasteiger partial charge >= 0.3 is 12.1 Å². The van der Waals surface area contributed by atoms with E-state index in [-0.39, 0.29) is 13.3 Å². The van der Waals surface area contributed by atoms with Crippen LogP contribution >= 0.6 is 0 Å². The first kappa shape index (κ1) is 21.7. The van der Waals surface area contributed by atoms with Crippen molar-refractivity contribution >= 4 is 0 Å². The van der Waals surface area contributed by atoms with Crippen molar-refractivity contribution in [1.29, 1.82) is 0 Å². The molecule has 1 N–H and O–H groups in total. The molecule has 0 saturated heterocycles. The Morgan fingerprint density at radius 3 is 2.50 bits per heavy atom. The highest BCUT2D eigenvalue weighted by atomic mass is 19.4. The number of halogens is 5. The summed E-state index contributed by atoms with van der Waals surface area (Å²) in [7, 11) is 1.43. The van der Waals surface area contributed by atoms with Crippen molar-refractivity contribution in [2.45, 2.75) is 25.1 Å². The highest BCUT2D eigenvalue weighted by Gasteiger charge is 2.61. The van der Waals surface area contributed by atoms with Crippen molar-refractivity contribution in [2.24, 2.45) is 0 Å². The molecule has 0 unspecified atom stereocenters. The number of aromatic hydroxyl groups is 1. The van der Waals surface area contributed by atoms with Crippen LogP contribution in [-0.4, -0.2) is 35.0 Å². The summed E-state index contributed by atoms with van der Waals surface area (Å²) in [6.45, 7) is -0.273. The number of aromatic nitrogens is 2. The monoisotopic (exact) mass is 456 g/mol. The van der Waals surface area contributed by atoms with Crippen LogP contribution in [0.15, 0.2) is 42.5 Å². The molecule has 6 nitrogen and oxygen atoms in total. The van der Waals surface area contributed by atoms with Gasteiger partial charge in [-0.3, -0.25) is 0 Å². The van der Waals surface area contributed by atoms with Gasteiger partial charge in [-0.15, -0.1) is 0 Å². The second kappa shape index (κ2) is 7.88. The van der Waals surface area contributed by atoms with Crippen molar-refractivity contribution in [3.63, 3.8) is 0 Å². The molecule has 0 amide bonds. The van der Waals surface area contributed by atoms with E-state index in [9.17, 15) is 27.1 Å². The molecule has 170 valence electrons. The first-order chi connectivity index (χ1) is 15.1. The first-order valence-corrected chi connectivity index (χ1v) is 9.35. The van der Waals surface area contributed by atoms with Gasteiger partial charge in [-0.1, -0.05) is 18.2 Å². The van der Waals surface area contributed by atoms with Crippen molar-refractivity contribution in [1.82, 2.24) is 9.78 Å². The molecule has 0 atom stereocenters. The lowest BCUT2D eigenvalue weighted by Crippen LogP contribution is -2.35. The van der Waals surface area contributed by atoms with E-state index >= 15 is 0 Å². The highest BCUT2D eigenvalue weighted by Crippen LogP contribution is 2.47. The quantitative estimate of drug-likeness (QED) is 0.549. The number of nitrogens with zero attached hydrogens (tertiary/aromatic N) is 2. The van der Waals surface area contributed by atoms with Crippen LogP contribution in [0.25, 0.3) is 0 Å².